The Morgan fingerprint density at radius 1 is 1.75 bits per heavy atom. The molecule has 1 saturated heterocycles. The van der Waals surface area contributed by atoms with Crippen LogP contribution in [-0.4, -0.2) is 27.6 Å². The van der Waals surface area contributed by atoms with E-state index in [4.69, 9.17) is 0 Å². The Hall–Kier alpha value is -1.85. The van der Waals surface area contributed by atoms with E-state index < -0.39 is 0 Å². The molecule has 2 heterocycles. The lowest BCUT2D eigenvalue weighted by Gasteiger charge is -2.09. The highest BCUT2D eigenvalue weighted by Gasteiger charge is 2.26. The molecule has 0 spiro atoms. The molecule has 86 valence electrons. The topological polar surface area (TPSA) is 76.0 Å². The van der Waals surface area contributed by atoms with Crippen molar-refractivity contribution in [2.24, 2.45) is 7.05 Å². The second-order valence-corrected chi connectivity index (χ2v) is 3.90. The minimum atomic E-state index is -0.371. The normalized spacial score (nSPS) is 19.6. The van der Waals surface area contributed by atoms with Gasteiger partial charge in [-0.15, -0.1) is 0 Å². The van der Waals surface area contributed by atoms with Crippen molar-refractivity contribution >= 4 is 11.8 Å². The number of nitrogens with zero attached hydrogens (tertiary/aromatic N) is 2. The molecule has 1 fully saturated rings. The van der Waals surface area contributed by atoms with Crippen LogP contribution in [0.2, 0.25) is 0 Å². The molecule has 0 radical (unpaired) electrons. The van der Waals surface area contributed by atoms with Crippen LogP contribution in [0.15, 0.2) is 12.4 Å². The standard InChI is InChI=1S/C10H14N4O2/c1-14-6-7(5-12-14)4-11-10(16)8-2-3-9(15)13-8/h5-6,8H,2-4H2,1H3,(H,11,16)(H,13,15). The molecule has 1 aliphatic rings. The van der Waals surface area contributed by atoms with Gasteiger partial charge in [0.1, 0.15) is 6.04 Å². The van der Waals surface area contributed by atoms with Gasteiger partial charge in [-0.05, 0) is 6.42 Å². The number of aromatic nitrogens is 2. The van der Waals surface area contributed by atoms with E-state index in [1.54, 1.807) is 10.9 Å². The fraction of sp³-hybridized carbons (Fsp3) is 0.500. The predicted molar refractivity (Wildman–Crippen MR) is 56.2 cm³/mol. The van der Waals surface area contributed by atoms with Crippen LogP contribution in [0.3, 0.4) is 0 Å². The molecule has 2 amide bonds. The lowest BCUT2D eigenvalue weighted by molar-refractivity contribution is -0.125. The van der Waals surface area contributed by atoms with E-state index in [0.717, 1.165) is 5.56 Å². The maximum Gasteiger partial charge on any atom is 0.242 e. The van der Waals surface area contributed by atoms with E-state index in [1.807, 2.05) is 13.2 Å². The molecule has 1 atom stereocenters. The summed E-state index contributed by atoms with van der Waals surface area (Å²) in [5, 5.41) is 9.39. The Morgan fingerprint density at radius 3 is 3.12 bits per heavy atom. The van der Waals surface area contributed by atoms with Gasteiger partial charge in [0.05, 0.1) is 6.20 Å². The quantitative estimate of drug-likeness (QED) is 0.711. The Balaban J connectivity index is 1.82. The first kappa shape index (κ1) is 10.7. The van der Waals surface area contributed by atoms with Crippen LogP contribution in [0.25, 0.3) is 0 Å². The molecule has 1 unspecified atom stereocenters. The highest BCUT2D eigenvalue weighted by Crippen LogP contribution is 2.06. The summed E-state index contributed by atoms with van der Waals surface area (Å²) in [4.78, 5) is 22.5. The molecular weight excluding hydrogens is 208 g/mol. The Morgan fingerprint density at radius 2 is 2.56 bits per heavy atom. The maximum atomic E-state index is 11.6. The summed E-state index contributed by atoms with van der Waals surface area (Å²) in [6.45, 7) is 0.443. The summed E-state index contributed by atoms with van der Waals surface area (Å²) in [6.07, 6.45) is 4.56. The molecule has 0 bridgehead atoms. The Bertz CT molecular complexity index is 413. The van der Waals surface area contributed by atoms with Gasteiger partial charge in [-0.2, -0.15) is 5.10 Å². The number of hydrogen-bond acceptors (Lipinski definition) is 3. The highest BCUT2D eigenvalue weighted by molar-refractivity contribution is 5.90. The van der Waals surface area contributed by atoms with Crippen molar-refractivity contribution in [1.82, 2.24) is 20.4 Å². The maximum absolute atomic E-state index is 11.6. The predicted octanol–water partition coefficient (Wildman–Crippen LogP) is -0.685. The van der Waals surface area contributed by atoms with Crippen LogP contribution >= 0.6 is 0 Å². The van der Waals surface area contributed by atoms with Crippen molar-refractivity contribution in [3.05, 3.63) is 18.0 Å². The number of amides is 2. The Labute approximate surface area is 93.0 Å². The molecule has 0 saturated carbocycles. The van der Waals surface area contributed by atoms with Gasteiger partial charge in [-0.25, -0.2) is 0 Å². The third kappa shape index (κ3) is 2.39. The zero-order valence-corrected chi connectivity index (χ0v) is 9.06. The van der Waals surface area contributed by atoms with Crippen LogP contribution < -0.4 is 10.6 Å². The fourth-order valence-electron chi connectivity index (χ4n) is 1.69. The average molecular weight is 222 g/mol. The minimum Gasteiger partial charge on any atom is -0.350 e. The van der Waals surface area contributed by atoms with E-state index in [0.29, 0.717) is 19.4 Å². The first-order chi connectivity index (χ1) is 7.65. The summed E-state index contributed by atoms with van der Waals surface area (Å²) < 4.78 is 1.68. The average Bonchev–Trinajstić information content (AvgIpc) is 2.84. The fourth-order valence-corrected chi connectivity index (χ4v) is 1.69. The summed E-state index contributed by atoms with van der Waals surface area (Å²) in [7, 11) is 1.82. The van der Waals surface area contributed by atoms with Gasteiger partial charge < -0.3 is 10.6 Å². The summed E-state index contributed by atoms with van der Waals surface area (Å²) >= 11 is 0. The van der Waals surface area contributed by atoms with Crippen molar-refractivity contribution in [1.29, 1.82) is 0 Å². The van der Waals surface area contributed by atoms with Crippen molar-refractivity contribution in [2.75, 3.05) is 0 Å². The second kappa shape index (κ2) is 4.34. The molecule has 0 aromatic carbocycles. The molecule has 6 nitrogen and oxygen atoms in total. The first-order valence-corrected chi connectivity index (χ1v) is 5.20. The molecule has 0 aliphatic carbocycles. The molecule has 1 aromatic heterocycles. The van der Waals surface area contributed by atoms with Gasteiger partial charge >= 0.3 is 0 Å². The van der Waals surface area contributed by atoms with Crippen molar-refractivity contribution < 1.29 is 9.59 Å². The number of nitrogens with one attached hydrogen (secondary N) is 2. The lowest BCUT2D eigenvalue weighted by atomic mass is 10.2. The van der Waals surface area contributed by atoms with Gasteiger partial charge in [0, 0.05) is 31.8 Å². The number of rotatable bonds is 3. The number of aryl methyl sites for hydroxylation is 1. The van der Waals surface area contributed by atoms with Gasteiger partial charge in [-0.3, -0.25) is 14.3 Å². The number of hydrogen-bond donors (Lipinski definition) is 2. The lowest BCUT2D eigenvalue weighted by Crippen LogP contribution is -2.41. The highest BCUT2D eigenvalue weighted by atomic mass is 16.2. The van der Waals surface area contributed by atoms with Gasteiger partial charge in [0.2, 0.25) is 11.8 Å². The number of carbonyl (C=O) groups excluding carboxylic acids is 2. The van der Waals surface area contributed by atoms with Gasteiger partial charge in [0.25, 0.3) is 0 Å². The van der Waals surface area contributed by atoms with Crippen molar-refractivity contribution in [3.8, 4) is 0 Å². The van der Waals surface area contributed by atoms with Crippen LogP contribution in [0, 0.1) is 0 Å². The molecule has 1 aliphatic heterocycles. The second-order valence-electron chi connectivity index (χ2n) is 3.90. The van der Waals surface area contributed by atoms with Crippen molar-refractivity contribution in [3.63, 3.8) is 0 Å². The van der Waals surface area contributed by atoms with Crippen LogP contribution in [0.4, 0.5) is 0 Å². The monoisotopic (exact) mass is 222 g/mol. The molecule has 16 heavy (non-hydrogen) atoms. The van der Waals surface area contributed by atoms with Crippen molar-refractivity contribution in [2.45, 2.75) is 25.4 Å². The molecule has 2 N–H and O–H groups in total. The summed E-state index contributed by atoms with van der Waals surface area (Å²) in [6, 6.07) is -0.371. The summed E-state index contributed by atoms with van der Waals surface area (Å²) in [5.74, 6) is -0.184. The van der Waals surface area contributed by atoms with E-state index in [1.165, 1.54) is 0 Å². The molecule has 2 rings (SSSR count). The van der Waals surface area contributed by atoms with Crippen LogP contribution in [-0.2, 0) is 23.2 Å². The Kier molecular flexibility index (Phi) is 2.89. The third-order valence-electron chi connectivity index (χ3n) is 2.54. The minimum absolute atomic E-state index is 0.0541. The largest absolute Gasteiger partial charge is 0.350 e. The van der Waals surface area contributed by atoms with E-state index in [-0.39, 0.29) is 17.9 Å². The summed E-state index contributed by atoms with van der Waals surface area (Å²) in [5.41, 5.74) is 0.945. The smallest absolute Gasteiger partial charge is 0.242 e. The first-order valence-electron chi connectivity index (χ1n) is 5.20. The molecular formula is C10H14N4O2. The zero-order valence-electron chi connectivity index (χ0n) is 9.06. The van der Waals surface area contributed by atoms with Crippen LogP contribution in [0.5, 0.6) is 0 Å². The SMILES string of the molecule is Cn1cc(CNC(=O)C2CCC(=O)N2)cn1. The zero-order chi connectivity index (χ0) is 11.5. The molecule has 6 heteroatoms. The third-order valence-corrected chi connectivity index (χ3v) is 2.54. The van der Waals surface area contributed by atoms with E-state index in [2.05, 4.69) is 15.7 Å². The van der Waals surface area contributed by atoms with E-state index in [9.17, 15) is 9.59 Å². The molecule has 1 aromatic rings. The van der Waals surface area contributed by atoms with E-state index >= 15 is 0 Å². The number of carbonyl (C=O) groups is 2. The van der Waals surface area contributed by atoms with Crippen LogP contribution in [0.1, 0.15) is 18.4 Å². The van der Waals surface area contributed by atoms with Gasteiger partial charge in [-0.1, -0.05) is 0 Å². The van der Waals surface area contributed by atoms with Gasteiger partial charge in [0.15, 0.2) is 0 Å².